The fourth-order valence-electron chi connectivity index (χ4n) is 6.64. The van der Waals surface area contributed by atoms with Crippen LogP contribution >= 0.6 is 12.4 Å². The van der Waals surface area contributed by atoms with Gasteiger partial charge in [-0.25, -0.2) is 8.78 Å². The number of likely N-dealkylation sites (tertiary alicyclic amines) is 1. The minimum atomic E-state index is -2.90. The predicted molar refractivity (Wildman–Crippen MR) is 218 cm³/mol. The molecule has 2 amide bonds. The minimum absolute atomic E-state index is 0. The summed E-state index contributed by atoms with van der Waals surface area (Å²) in [5, 5.41) is 16.6. The minimum Gasteiger partial charge on any atom is -0.415 e. The molecule has 2 fully saturated rings. The van der Waals surface area contributed by atoms with Crippen molar-refractivity contribution in [2.75, 3.05) is 36.0 Å². The Bertz CT molecular complexity index is 2430. The van der Waals surface area contributed by atoms with E-state index in [1.54, 1.807) is 21.9 Å². The van der Waals surface area contributed by atoms with Gasteiger partial charge in [0, 0.05) is 65.8 Å². The number of hydrogen-bond donors (Lipinski definition) is 1. The Morgan fingerprint density at radius 3 is 1.42 bits per heavy atom. The Hall–Kier alpha value is -6.11. The van der Waals surface area contributed by atoms with Gasteiger partial charge < -0.3 is 24.0 Å². The van der Waals surface area contributed by atoms with Gasteiger partial charge in [0.2, 0.25) is 23.6 Å². The van der Waals surface area contributed by atoms with E-state index in [2.05, 4.69) is 44.5 Å². The number of aromatic nitrogens is 4. The Morgan fingerprint density at radius 2 is 1.08 bits per heavy atom. The normalized spacial score (nSPS) is 14.2. The number of rotatable bonds is 13. The molecule has 0 aliphatic carbocycles. The number of amides is 2. The first-order chi connectivity index (χ1) is 29.4. The van der Waals surface area contributed by atoms with Crippen LogP contribution < -0.4 is 15.1 Å². The summed E-state index contributed by atoms with van der Waals surface area (Å²) in [7, 11) is 0. The van der Waals surface area contributed by atoms with Crippen molar-refractivity contribution in [2.45, 2.75) is 45.8 Å². The molecule has 62 heavy (non-hydrogen) atoms. The number of carbonyl (C=O) groups is 2. The molecule has 4 heterocycles. The van der Waals surface area contributed by atoms with Gasteiger partial charge >= 0.3 is 12.9 Å². The van der Waals surface area contributed by atoms with Crippen molar-refractivity contribution in [3.05, 3.63) is 132 Å². The van der Waals surface area contributed by atoms with Gasteiger partial charge in [0.1, 0.15) is 11.6 Å². The van der Waals surface area contributed by atoms with Gasteiger partial charge in [-0.3, -0.25) is 14.5 Å². The highest BCUT2D eigenvalue weighted by atomic mass is 35.5. The molecule has 326 valence electrons. The summed E-state index contributed by atoms with van der Waals surface area (Å²) in [5.41, 5.74) is 2.31. The molecule has 1 N–H and O–H groups in total. The molecule has 0 spiro atoms. The van der Waals surface area contributed by atoms with E-state index >= 15 is 0 Å². The molecule has 2 aliphatic heterocycles. The monoisotopic (exact) mass is 882 g/mol. The maximum absolute atomic E-state index is 14.9. The van der Waals surface area contributed by atoms with E-state index < -0.39 is 36.3 Å². The maximum Gasteiger partial charge on any atom is 0.314 e. The molecule has 4 aromatic carbocycles. The van der Waals surface area contributed by atoms with Crippen LogP contribution in [0.1, 0.15) is 49.6 Å². The molecule has 2 aromatic heterocycles. The fraction of sp³-hybridized carbons (Fsp3) is 0.302. The van der Waals surface area contributed by atoms with Crippen molar-refractivity contribution in [3.8, 4) is 22.9 Å². The molecule has 8 rings (SSSR count). The molecular formula is C43H41ClF6N8O4. The van der Waals surface area contributed by atoms with Gasteiger partial charge in [-0.15, -0.1) is 32.8 Å². The number of halogens is 7. The Balaban J connectivity index is 0.000000204. The smallest absolute Gasteiger partial charge is 0.314 e. The third-order valence-corrected chi connectivity index (χ3v) is 10.3. The molecular weight excluding hydrogens is 842 g/mol. The molecule has 0 unspecified atom stereocenters. The van der Waals surface area contributed by atoms with Crippen molar-refractivity contribution >= 4 is 35.6 Å². The fourth-order valence-corrected chi connectivity index (χ4v) is 6.64. The Kier molecular flexibility index (Phi) is 14.8. The molecule has 0 bridgehead atoms. The van der Waals surface area contributed by atoms with E-state index in [4.69, 9.17) is 8.83 Å². The summed E-state index contributed by atoms with van der Waals surface area (Å²) in [6.45, 7) is 6.77. The third kappa shape index (κ3) is 10.5. The van der Waals surface area contributed by atoms with Crippen LogP contribution in [0.15, 0.2) is 106 Å². The van der Waals surface area contributed by atoms with Crippen molar-refractivity contribution in [3.63, 3.8) is 0 Å². The van der Waals surface area contributed by atoms with Crippen LogP contribution in [0.3, 0.4) is 0 Å². The van der Waals surface area contributed by atoms with Crippen LogP contribution in [0.4, 0.5) is 37.7 Å². The highest BCUT2D eigenvalue weighted by Gasteiger charge is 2.37. The first-order valence-corrected chi connectivity index (χ1v) is 19.3. The maximum atomic E-state index is 14.9. The lowest BCUT2D eigenvalue weighted by Gasteiger charge is -2.43. The second-order valence-corrected chi connectivity index (χ2v) is 14.7. The third-order valence-electron chi connectivity index (χ3n) is 10.3. The van der Waals surface area contributed by atoms with Gasteiger partial charge in [0.05, 0.1) is 24.9 Å². The topological polar surface area (TPSA) is 134 Å². The highest BCUT2D eigenvalue weighted by molar-refractivity contribution is 5.96. The van der Waals surface area contributed by atoms with Crippen molar-refractivity contribution in [2.24, 2.45) is 11.8 Å². The molecule has 0 radical (unpaired) electrons. The number of hydrogen-bond acceptors (Lipinski definition) is 10. The SMILES string of the molecule is CC(C)N1CC(C(=O)N(Cc2ccc(-c3nnc(C(F)F)o3)cc2F)c2ccccc2)C1.Cl.O=C(C1CNC1)N(Cc1ccc(-c2nnc(C(F)F)o2)cc1F)c1ccccc1. The van der Waals surface area contributed by atoms with Crippen LogP contribution in [-0.2, 0) is 22.7 Å². The zero-order valence-corrected chi connectivity index (χ0v) is 34.1. The van der Waals surface area contributed by atoms with Gasteiger partial charge in [-0.05, 0) is 62.4 Å². The molecule has 12 nitrogen and oxygen atoms in total. The number of anilines is 2. The van der Waals surface area contributed by atoms with Gasteiger partial charge in [-0.1, -0.05) is 48.5 Å². The van der Waals surface area contributed by atoms with Crippen LogP contribution in [0.5, 0.6) is 0 Å². The van der Waals surface area contributed by atoms with Crippen molar-refractivity contribution in [1.82, 2.24) is 30.6 Å². The predicted octanol–water partition coefficient (Wildman–Crippen LogP) is 8.67. The van der Waals surface area contributed by atoms with E-state index in [1.165, 1.54) is 24.3 Å². The largest absolute Gasteiger partial charge is 0.415 e. The number of para-hydroxylation sites is 2. The second kappa shape index (κ2) is 20.2. The van der Waals surface area contributed by atoms with E-state index in [9.17, 15) is 35.9 Å². The number of alkyl halides is 4. The Labute approximate surface area is 358 Å². The number of carbonyl (C=O) groups excluding carboxylic acids is 2. The molecule has 2 aliphatic rings. The second-order valence-electron chi connectivity index (χ2n) is 14.7. The van der Waals surface area contributed by atoms with E-state index in [-0.39, 0.29) is 77.6 Å². The zero-order valence-electron chi connectivity index (χ0n) is 33.3. The Morgan fingerprint density at radius 1 is 0.661 bits per heavy atom. The first-order valence-electron chi connectivity index (χ1n) is 19.3. The molecule has 19 heteroatoms. The lowest BCUT2D eigenvalue weighted by molar-refractivity contribution is -0.128. The first kappa shape index (κ1) is 45.4. The average Bonchev–Trinajstić information content (AvgIpc) is 3.92. The van der Waals surface area contributed by atoms with Crippen LogP contribution in [0, 0.1) is 23.5 Å². The van der Waals surface area contributed by atoms with Crippen LogP contribution in [0.25, 0.3) is 22.9 Å². The summed E-state index contributed by atoms with van der Waals surface area (Å²) in [5.74, 6) is -3.65. The van der Waals surface area contributed by atoms with Crippen molar-refractivity contribution < 1.29 is 44.8 Å². The molecule has 2 saturated heterocycles. The molecule has 0 atom stereocenters. The standard InChI is InChI=1S/C23H23F3N4O2.C20H17F3N4O2.ClH/c1-14(2)29-11-17(12-29)23(31)30(18-6-4-3-5-7-18)13-16-9-8-15(10-19(16)24)21-27-28-22(32-21)20(25)26;21-16-8-12(18-25-26-19(29-18)17(22)23)6-7-13(16)11-27(15-4-2-1-3-5-15)20(28)14-9-24-10-14;/h3-10,14,17,20H,11-13H2,1-2H3;1-8,14,17,24H,9-11H2;1H. The van der Waals surface area contributed by atoms with Crippen LogP contribution in [-0.4, -0.2) is 69.3 Å². The summed E-state index contributed by atoms with van der Waals surface area (Å²) in [4.78, 5) is 31.4. The van der Waals surface area contributed by atoms with E-state index in [1.807, 2.05) is 48.5 Å². The van der Waals surface area contributed by atoms with Crippen LogP contribution in [0.2, 0.25) is 0 Å². The summed E-state index contributed by atoms with van der Waals surface area (Å²) in [6.07, 6.45) is -5.80. The lowest BCUT2D eigenvalue weighted by Crippen LogP contribution is -2.56. The summed E-state index contributed by atoms with van der Waals surface area (Å²) in [6, 6.07) is 26.8. The average molecular weight is 883 g/mol. The number of nitrogens with zero attached hydrogens (tertiary/aromatic N) is 7. The number of nitrogens with one attached hydrogen (secondary N) is 1. The summed E-state index contributed by atoms with van der Waals surface area (Å²) >= 11 is 0. The van der Waals surface area contributed by atoms with Gasteiger partial charge in [-0.2, -0.15) is 17.6 Å². The van der Waals surface area contributed by atoms with Gasteiger partial charge in [0.25, 0.3) is 11.8 Å². The van der Waals surface area contributed by atoms with Gasteiger partial charge in [0.15, 0.2) is 0 Å². The molecule has 0 saturated carbocycles. The molecule has 6 aromatic rings. The summed E-state index contributed by atoms with van der Waals surface area (Å²) < 4.78 is 90.0. The zero-order chi connectivity index (χ0) is 43.2. The van der Waals surface area contributed by atoms with E-state index in [0.717, 1.165) is 12.1 Å². The quantitative estimate of drug-likeness (QED) is 0.112. The van der Waals surface area contributed by atoms with Crippen molar-refractivity contribution in [1.29, 1.82) is 0 Å². The van der Waals surface area contributed by atoms with E-state index in [0.29, 0.717) is 49.2 Å². The number of benzene rings is 4. The highest BCUT2D eigenvalue weighted by Crippen LogP contribution is 2.30. The lowest BCUT2D eigenvalue weighted by atomic mass is 9.96.